The van der Waals surface area contributed by atoms with Crippen LogP contribution in [0.25, 0.3) is 0 Å². The summed E-state index contributed by atoms with van der Waals surface area (Å²) < 4.78 is 20.5. The van der Waals surface area contributed by atoms with Gasteiger partial charge in [0.25, 0.3) is 5.91 Å². The fourth-order valence-corrected chi connectivity index (χ4v) is 1.73. The third-order valence-electron chi connectivity index (χ3n) is 3.18. The molecule has 0 aliphatic carbocycles. The summed E-state index contributed by atoms with van der Waals surface area (Å²) in [6.07, 6.45) is 1.25. The predicted octanol–water partition coefficient (Wildman–Crippen LogP) is -1.24. The smallest absolute Gasteiger partial charge is 0.269 e. The van der Waals surface area contributed by atoms with Crippen LogP contribution in [-0.4, -0.2) is 91.3 Å². The maximum Gasteiger partial charge on any atom is 0.269 e. The molecule has 3 N–H and O–H groups in total. The first-order valence-corrected chi connectivity index (χ1v) is 9.20. The van der Waals surface area contributed by atoms with E-state index >= 15 is 0 Å². The van der Waals surface area contributed by atoms with E-state index in [2.05, 4.69) is 16.1 Å². The lowest BCUT2D eigenvalue weighted by Gasteiger charge is -2.08. The number of carbonyl (C=O) groups excluding carboxylic acids is 3. The molecule has 0 spiro atoms. The number of hydrogen-bond donors (Lipinski definition) is 3. The van der Waals surface area contributed by atoms with Crippen molar-refractivity contribution in [3.05, 3.63) is 0 Å². The zero-order valence-electron chi connectivity index (χ0n) is 16.8. The predicted molar refractivity (Wildman–Crippen MR) is 99.4 cm³/mol. The zero-order valence-corrected chi connectivity index (χ0v) is 16.8. The minimum atomic E-state index is -0.398. The number of hydroxylamine groups is 1. The minimum absolute atomic E-state index is 0.0718. The Morgan fingerprint density at radius 2 is 1.46 bits per heavy atom. The number of nitrogens with one attached hydrogen (secondary N) is 3. The quantitative estimate of drug-likeness (QED) is 0.179. The Labute approximate surface area is 165 Å². The third kappa shape index (κ3) is 19.0. The SMILES string of the molecule is CNC(=O)CCOCCONC(=O)COCCCOCCNC(=O)CCOC. The van der Waals surface area contributed by atoms with Gasteiger partial charge in [-0.15, -0.1) is 0 Å². The summed E-state index contributed by atoms with van der Waals surface area (Å²) in [5.41, 5.74) is 2.23. The largest absolute Gasteiger partial charge is 0.384 e. The molecule has 0 saturated heterocycles. The number of carbonyl (C=O) groups is 3. The topological polar surface area (TPSA) is 133 Å². The second-order valence-corrected chi connectivity index (χ2v) is 5.52. The molecule has 28 heavy (non-hydrogen) atoms. The molecule has 11 nitrogen and oxygen atoms in total. The van der Waals surface area contributed by atoms with Crippen LogP contribution < -0.4 is 16.1 Å². The van der Waals surface area contributed by atoms with Crippen molar-refractivity contribution in [3.8, 4) is 0 Å². The summed E-state index contributed by atoms with van der Waals surface area (Å²) in [5, 5.41) is 5.19. The lowest BCUT2D eigenvalue weighted by atomic mass is 10.4. The Balaban J connectivity index is 3.27. The summed E-state index contributed by atoms with van der Waals surface area (Å²) in [6.45, 7) is 2.72. The number of rotatable bonds is 19. The van der Waals surface area contributed by atoms with Gasteiger partial charge in [-0.25, -0.2) is 5.48 Å². The first kappa shape index (κ1) is 26.2. The van der Waals surface area contributed by atoms with Gasteiger partial charge in [-0.05, 0) is 6.42 Å². The molecule has 0 aromatic heterocycles. The summed E-state index contributed by atoms with van der Waals surface area (Å²) in [4.78, 5) is 38.6. The molecule has 0 unspecified atom stereocenters. The Hall–Kier alpha value is -1.79. The van der Waals surface area contributed by atoms with Crippen LogP contribution in [0.5, 0.6) is 0 Å². The number of ether oxygens (including phenoxy) is 4. The Morgan fingerprint density at radius 1 is 0.750 bits per heavy atom. The van der Waals surface area contributed by atoms with Crippen LogP contribution in [0.2, 0.25) is 0 Å². The van der Waals surface area contributed by atoms with Crippen LogP contribution >= 0.6 is 0 Å². The fourth-order valence-electron chi connectivity index (χ4n) is 1.73. The second-order valence-electron chi connectivity index (χ2n) is 5.52. The van der Waals surface area contributed by atoms with Crippen LogP contribution in [0, 0.1) is 0 Å². The highest BCUT2D eigenvalue weighted by Crippen LogP contribution is 1.87. The van der Waals surface area contributed by atoms with Gasteiger partial charge in [-0.1, -0.05) is 0 Å². The van der Waals surface area contributed by atoms with E-state index in [1.54, 1.807) is 14.2 Å². The Morgan fingerprint density at radius 3 is 2.21 bits per heavy atom. The lowest BCUT2D eigenvalue weighted by molar-refractivity contribution is -0.139. The highest BCUT2D eigenvalue weighted by molar-refractivity contribution is 5.76. The molecule has 0 saturated carbocycles. The van der Waals surface area contributed by atoms with E-state index in [1.807, 2.05) is 0 Å². The average molecular weight is 407 g/mol. The molecule has 0 aromatic carbocycles. The first-order chi connectivity index (χ1) is 13.6. The van der Waals surface area contributed by atoms with E-state index in [4.69, 9.17) is 23.8 Å². The van der Waals surface area contributed by atoms with Crippen molar-refractivity contribution in [1.82, 2.24) is 16.1 Å². The van der Waals surface area contributed by atoms with Crippen LogP contribution in [0.3, 0.4) is 0 Å². The van der Waals surface area contributed by atoms with Crippen molar-refractivity contribution < 1.29 is 38.2 Å². The van der Waals surface area contributed by atoms with E-state index in [0.29, 0.717) is 52.4 Å². The van der Waals surface area contributed by atoms with E-state index in [-0.39, 0.29) is 38.1 Å². The van der Waals surface area contributed by atoms with Gasteiger partial charge in [-0.3, -0.25) is 19.2 Å². The van der Waals surface area contributed by atoms with Crippen molar-refractivity contribution >= 4 is 17.7 Å². The highest BCUT2D eigenvalue weighted by Gasteiger charge is 2.02. The number of hydrogen-bond acceptors (Lipinski definition) is 8. The third-order valence-corrected chi connectivity index (χ3v) is 3.18. The molecule has 3 amide bonds. The monoisotopic (exact) mass is 407 g/mol. The van der Waals surface area contributed by atoms with Gasteiger partial charge >= 0.3 is 0 Å². The van der Waals surface area contributed by atoms with Gasteiger partial charge in [0.15, 0.2) is 0 Å². The molecule has 0 aliphatic heterocycles. The molecule has 0 radical (unpaired) electrons. The number of methoxy groups -OCH3 is 1. The minimum Gasteiger partial charge on any atom is -0.384 e. The first-order valence-electron chi connectivity index (χ1n) is 9.20. The number of amides is 3. The van der Waals surface area contributed by atoms with Crippen molar-refractivity contribution in [2.45, 2.75) is 19.3 Å². The average Bonchev–Trinajstić information content (AvgIpc) is 2.69. The summed E-state index contributed by atoms with van der Waals surface area (Å²) in [6, 6.07) is 0. The van der Waals surface area contributed by atoms with Gasteiger partial charge in [0.05, 0.1) is 33.0 Å². The maximum atomic E-state index is 11.4. The van der Waals surface area contributed by atoms with Gasteiger partial charge in [0, 0.05) is 46.8 Å². The molecular weight excluding hydrogens is 374 g/mol. The van der Waals surface area contributed by atoms with Crippen molar-refractivity contribution in [2.24, 2.45) is 0 Å². The van der Waals surface area contributed by atoms with Crippen LogP contribution in [0.4, 0.5) is 0 Å². The van der Waals surface area contributed by atoms with Gasteiger partial charge < -0.3 is 29.6 Å². The molecule has 0 aliphatic rings. The van der Waals surface area contributed by atoms with Crippen molar-refractivity contribution in [1.29, 1.82) is 0 Å². The van der Waals surface area contributed by atoms with E-state index in [9.17, 15) is 14.4 Å². The molecule has 164 valence electrons. The Kier molecular flexibility index (Phi) is 18.7. The maximum absolute atomic E-state index is 11.4. The zero-order chi connectivity index (χ0) is 20.9. The van der Waals surface area contributed by atoms with Crippen LogP contribution in [0.15, 0.2) is 0 Å². The van der Waals surface area contributed by atoms with Crippen LogP contribution in [-0.2, 0) is 38.2 Å². The normalized spacial score (nSPS) is 10.5. The van der Waals surface area contributed by atoms with Gasteiger partial charge in [-0.2, -0.15) is 0 Å². The van der Waals surface area contributed by atoms with Gasteiger partial charge in [0.1, 0.15) is 6.61 Å². The Bertz CT molecular complexity index is 423. The van der Waals surface area contributed by atoms with E-state index in [0.717, 1.165) is 0 Å². The van der Waals surface area contributed by atoms with Crippen molar-refractivity contribution in [2.75, 3.05) is 73.6 Å². The van der Waals surface area contributed by atoms with E-state index < -0.39 is 5.91 Å². The molecular formula is C17H33N3O8. The molecule has 0 heterocycles. The van der Waals surface area contributed by atoms with E-state index in [1.165, 1.54) is 0 Å². The second kappa shape index (κ2) is 20.0. The highest BCUT2D eigenvalue weighted by atomic mass is 16.7. The van der Waals surface area contributed by atoms with Crippen molar-refractivity contribution in [3.63, 3.8) is 0 Å². The molecule has 11 heteroatoms. The summed E-state index contributed by atoms with van der Waals surface area (Å²) in [7, 11) is 3.10. The standard InChI is InChI=1S/C17H33N3O8/c1-18-15(21)5-10-26-12-13-28-20-17(23)14-27-8-3-7-25-11-6-19-16(22)4-9-24-2/h3-14H2,1-2H3,(H,18,21)(H,19,22)(H,20,23). The lowest BCUT2D eigenvalue weighted by Crippen LogP contribution is -2.29. The summed E-state index contributed by atoms with van der Waals surface area (Å²) >= 11 is 0. The molecule has 0 bridgehead atoms. The summed E-state index contributed by atoms with van der Waals surface area (Å²) in [5.74, 6) is -0.566. The molecule has 0 fully saturated rings. The fraction of sp³-hybridized carbons (Fsp3) is 0.824. The molecule has 0 aromatic rings. The van der Waals surface area contributed by atoms with Gasteiger partial charge in [0.2, 0.25) is 11.8 Å². The molecule has 0 rings (SSSR count). The van der Waals surface area contributed by atoms with Crippen LogP contribution in [0.1, 0.15) is 19.3 Å². The molecule has 0 atom stereocenters.